The number of hydrogen-bond donors (Lipinski definition) is 1. The first-order valence-electron chi connectivity index (χ1n) is 8.29. The number of nitrogens with one attached hydrogen (secondary N) is 1. The minimum Gasteiger partial charge on any atom is -0.447 e. The maximum absolute atomic E-state index is 12.4. The highest BCUT2D eigenvalue weighted by Gasteiger charge is 2.21. The van der Waals surface area contributed by atoms with Gasteiger partial charge in [0.15, 0.2) is 5.78 Å². The molecule has 1 atom stereocenters. The molecule has 0 saturated heterocycles. The molecule has 0 aliphatic rings. The molecule has 0 aliphatic carbocycles. The molecule has 0 radical (unpaired) electrons. The summed E-state index contributed by atoms with van der Waals surface area (Å²) in [4.78, 5) is 25.9. The second-order valence-corrected chi connectivity index (χ2v) is 7.25. The van der Waals surface area contributed by atoms with Crippen LogP contribution >= 0.6 is 35.0 Å². The summed E-state index contributed by atoms with van der Waals surface area (Å²) >= 11 is 13.4. The summed E-state index contributed by atoms with van der Waals surface area (Å²) in [5.41, 5.74) is 0. The zero-order chi connectivity index (χ0) is 20.5. The highest BCUT2D eigenvalue weighted by atomic mass is 35.5. The number of carbonyl (C=O) groups is 2. The van der Waals surface area contributed by atoms with Crippen LogP contribution < -0.4 is 5.32 Å². The van der Waals surface area contributed by atoms with Crippen molar-refractivity contribution in [1.82, 2.24) is 25.5 Å². The first kappa shape index (κ1) is 22.4. The molecule has 1 aromatic heterocycles. The third-order valence-electron chi connectivity index (χ3n) is 3.45. The summed E-state index contributed by atoms with van der Waals surface area (Å²) in [6, 6.07) is 4.41. The standard InChI is InChI=1S/C16H19Cl2N5O4S/c1-3-12(19-16(25)27-8-7-26-2)13(24)9-23-21-15(20-22-23)28-14-10(17)5-4-6-11(14)18/h4-6,12H,3,7-9H2,1-2H3,(H,19,25). The first-order valence-corrected chi connectivity index (χ1v) is 9.86. The summed E-state index contributed by atoms with van der Waals surface area (Å²) < 4.78 is 9.69. The number of carbonyl (C=O) groups excluding carboxylic acids is 2. The first-order chi connectivity index (χ1) is 13.4. The zero-order valence-electron chi connectivity index (χ0n) is 15.2. The number of ether oxygens (including phenoxy) is 2. The second-order valence-electron chi connectivity index (χ2n) is 5.46. The van der Waals surface area contributed by atoms with Crippen LogP contribution in [0, 0.1) is 0 Å². The molecule has 12 heteroatoms. The molecule has 0 saturated carbocycles. The van der Waals surface area contributed by atoms with Gasteiger partial charge in [0.25, 0.3) is 0 Å². The topological polar surface area (TPSA) is 108 Å². The van der Waals surface area contributed by atoms with Crippen LogP contribution in [0.1, 0.15) is 13.3 Å². The fourth-order valence-electron chi connectivity index (χ4n) is 2.07. The molecule has 152 valence electrons. The number of aromatic nitrogens is 4. The fourth-order valence-corrected chi connectivity index (χ4v) is 3.42. The smallest absolute Gasteiger partial charge is 0.407 e. The number of tetrazole rings is 1. The normalized spacial score (nSPS) is 11.9. The van der Waals surface area contributed by atoms with Crippen LogP contribution in [-0.2, 0) is 20.8 Å². The predicted molar refractivity (Wildman–Crippen MR) is 104 cm³/mol. The van der Waals surface area contributed by atoms with Crippen molar-refractivity contribution in [1.29, 1.82) is 0 Å². The molecule has 1 unspecified atom stereocenters. The van der Waals surface area contributed by atoms with E-state index >= 15 is 0 Å². The van der Waals surface area contributed by atoms with Gasteiger partial charge in [0.2, 0.25) is 5.16 Å². The number of hydrogen-bond acceptors (Lipinski definition) is 8. The number of alkyl carbamates (subject to hydrolysis) is 1. The van der Waals surface area contributed by atoms with Crippen LogP contribution in [-0.4, -0.2) is 58.4 Å². The number of amides is 1. The molecule has 0 bridgehead atoms. The van der Waals surface area contributed by atoms with Gasteiger partial charge in [-0.05, 0) is 35.5 Å². The van der Waals surface area contributed by atoms with Crippen LogP contribution in [0.5, 0.6) is 0 Å². The number of benzene rings is 1. The number of halogens is 2. The van der Waals surface area contributed by atoms with Gasteiger partial charge in [-0.3, -0.25) is 4.79 Å². The highest BCUT2D eigenvalue weighted by molar-refractivity contribution is 7.99. The molecular formula is C16H19Cl2N5O4S. The van der Waals surface area contributed by atoms with Gasteiger partial charge in [-0.25, -0.2) is 4.79 Å². The van der Waals surface area contributed by atoms with Crippen molar-refractivity contribution in [2.24, 2.45) is 0 Å². The lowest BCUT2D eigenvalue weighted by Gasteiger charge is -2.15. The van der Waals surface area contributed by atoms with E-state index in [1.165, 1.54) is 7.11 Å². The van der Waals surface area contributed by atoms with Crippen LogP contribution in [0.4, 0.5) is 4.79 Å². The monoisotopic (exact) mass is 447 g/mol. The van der Waals surface area contributed by atoms with E-state index in [9.17, 15) is 9.59 Å². The largest absolute Gasteiger partial charge is 0.447 e. The summed E-state index contributed by atoms with van der Waals surface area (Å²) in [6.07, 6.45) is -0.294. The number of nitrogens with zero attached hydrogens (tertiary/aromatic N) is 4. The molecule has 2 aromatic rings. The molecular weight excluding hydrogens is 429 g/mol. The Bertz CT molecular complexity index is 800. The Kier molecular flexibility index (Phi) is 8.97. The average molecular weight is 448 g/mol. The summed E-state index contributed by atoms with van der Waals surface area (Å²) in [5.74, 6) is -0.282. The number of methoxy groups -OCH3 is 1. The van der Waals surface area contributed by atoms with Crippen LogP contribution in [0.2, 0.25) is 10.0 Å². The minimum atomic E-state index is -0.727. The lowest BCUT2D eigenvalue weighted by Crippen LogP contribution is -2.42. The molecule has 28 heavy (non-hydrogen) atoms. The van der Waals surface area contributed by atoms with Gasteiger partial charge in [0.1, 0.15) is 13.2 Å². The summed E-state index contributed by atoms with van der Waals surface area (Å²) in [6.45, 7) is 1.99. The van der Waals surface area contributed by atoms with Gasteiger partial charge in [0, 0.05) is 7.11 Å². The Balaban J connectivity index is 1.94. The van der Waals surface area contributed by atoms with E-state index in [1.807, 2.05) is 0 Å². The van der Waals surface area contributed by atoms with Gasteiger partial charge in [-0.1, -0.05) is 36.2 Å². The van der Waals surface area contributed by atoms with Crippen LogP contribution in [0.3, 0.4) is 0 Å². The highest BCUT2D eigenvalue weighted by Crippen LogP contribution is 2.36. The van der Waals surface area contributed by atoms with Crippen molar-refractivity contribution in [3.8, 4) is 0 Å². The number of rotatable bonds is 10. The Hall–Kier alpha value is -1.88. The molecule has 1 N–H and O–H groups in total. The lowest BCUT2D eigenvalue weighted by molar-refractivity contribution is -0.122. The quantitative estimate of drug-likeness (QED) is 0.553. The lowest BCUT2D eigenvalue weighted by atomic mass is 10.1. The van der Waals surface area contributed by atoms with E-state index in [0.717, 1.165) is 16.6 Å². The maximum atomic E-state index is 12.4. The third kappa shape index (κ3) is 6.62. The van der Waals surface area contributed by atoms with Gasteiger partial charge in [0.05, 0.1) is 27.6 Å². The molecule has 1 aromatic carbocycles. The van der Waals surface area contributed by atoms with E-state index in [1.54, 1.807) is 25.1 Å². The molecule has 0 fully saturated rings. The van der Waals surface area contributed by atoms with Crippen LogP contribution in [0.15, 0.2) is 28.3 Å². The zero-order valence-corrected chi connectivity index (χ0v) is 17.6. The van der Waals surface area contributed by atoms with E-state index in [2.05, 4.69) is 20.7 Å². The van der Waals surface area contributed by atoms with Crippen molar-refractivity contribution in [3.63, 3.8) is 0 Å². The molecule has 1 amide bonds. The van der Waals surface area contributed by atoms with E-state index < -0.39 is 12.1 Å². The third-order valence-corrected chi connectivity index (χ3v) is 5.30. The van der Waals surface area contributed by atoms with Crippen molar-refractivity contribution in [2.75, 3.05) is 20.3 Å². The number of Topliss-reactive ketones (excluding diaryl/α,β-unsaturated/α-hetero) is 1. The van der Waals surface area contributed by atoms with Gasteiger partial charge in [-0.15, -0.1) is 10.2 Å². The molecule has 0 spiro atoms. The maximum Gasteiger partial charge on any atom is 0.407 e. The Labute approximate surface area is 176 Å². The van der Waals surface area contributed by atoms with Gasteiger partial charge >= 0.3 is 6.09 Å². The minimum absolute atomic E-state index is 0.1000. The molecule has 9 nitrogen and oxygen atoms in total. The Morgan fingerprint density at radius 1 is 1.29 bits per heavy atom. The molecule has 1 heterocycles. The van der Waals surface area contributed by atoms with Crippen LogP contribution in [0.25, 0.3) is 0 Å². The fraction of sp³-hybridized carbons (Fsp3) is 0.438. The van der Waals surface area contributed by atoms with Crippen molar-refractivity contribution < 1.29 is 19.1 Å². The van der Waals surface area contributed by atoms with E-state index in [-0.39, 0.29) is 25.5 Å². The summed E-state index contributed by atoms with van der Waals surface area (Å²) in [5, 5.41) is 15.6. The van der Waals surface area contributed by atoms with Gasteiger partial charge in [-0.2, -0.15) is 4.80 Å². The van der Waals surface area contributed by atoms with Crippen molar-refractivity contribution >= 4 is 46.8 Å². The average Bonchev–Trinajstić information content (AvgIpc) is 3.10. The van der Waals surface area contributed by atoms with Crippen molar-refractivity contribution in [3.05, 3.63) is 28.2 Å². The molecule has 0 aliphatic heterocycles. The Morgan fingerprint density at radius 3 is 2.64 bits per heavy atom. The summed E-state index contributed by atoms with van der Waals surface area (Å²) in [7, 11) is 1.50. The SMILES string of the molecule is CCC(NC(=O)OCCOC)C(=O)Cn1nnc(Sc2c(Cl)cccc2Cl)n1. The predicted octanol–water partition coefficient (Wildman–Crippen LogP) is 2.85. The van der Waals surface area contributed by atoms with E-state index in [4.69, 9.17) is 32.7 Å². The Morgan fingerprint density at radius 2 is 2.00 bits per heavy atom. The second kappa shape index (κ2) is 11.2. The van der Waals surface area contributed by atoms with Gasteiger partial charge < -0.3 is 14.8 Å². The molecule has 2 rings (SSSR count). The van der Waals surface area contributed by atoms with Crippen molar-refractivity contribution in [2.45, 2.75) is 36.0 Å². The number of ketones is 1. The van der Waals surface area contributed by atoms with E-state index in [0.29, 0.717) is 26.5 Å².